The molecule has 0 saturated carbocycles. The van der Waals surface area contributed by atoms with Crippen LogP contribution in [0.3, 0.4) is 0 Å². The van der Waals surface area contributed by atoms with Gasteiger partial charge in [0.05, 0.1) is 13.2 Å². The van der Waals surface area contributed by atoms with Gasteiger partial charge in [0.2, 0.25) is 0 Å². The minimum Gasteiger partial charge on any atom is -0.490 e. The van der Waals surface area contributed by atoms with E-state index < -0.39 is 0 Å². The highest BCUT2D eigenvalue weighted by Gasteiger charge is 2.12. The van der Waals surface area contributed by atoms with Crippen molar-refractivity contribution in [2.24, 2.45) is 0 Å². The van der Waals surface area contributed by atoms with E-state index in [1.54, 1.807) is 12.1 Å². The third-order valence-corrected chi connectivity index (χ3v) is 4.36. The standard InChI is InChI=1S/C16H13ClO3S/c17-12-2-5-16(11(8-12)10-18)21-13-3-4-14-15(9-13)20-7-1-6-19-14/h2-5,8-10H,1,6-7H2. The molecular weight excluding hydrogens is 308 g/mol. The third kappa shape index (κ3) is 3.34. The van der Waals surface area contributed by atoms with Crippen molar-refractivity contribution in [3.05, 3.63) is 47.0 Å². The molecule has 108 valence electrons. The SMILES string of the molecule is O=Cc1cc(Cl)ccc1Sc1ccc2c(c1)OCCCO2. The Kier molecular flexibility index (Phi) is 4.36. The Morgan fingerprint density at radius 3 is 2.67 bits per heavy atom. The third-order valence-electron chi connectivity index (χ3n) is 3.05. The molecule has 0 saturated heterocycles. The Labute approximate surface area is 132 Å². The van der Waals surface area contributed by atoms with E-state index in [1.165, 1.54) is 11.8 Å². The molecule has 0 amide bonds. The first kappa shape index (κ1) is 14.3. The lowest BCUT2D eigenvalue weighted by Crippen LogP contribution is -1.97. The van der Waals surface area contributed by atoms with Crippen LogP contribution >= 0.6 is 23.4 Å². The van der Waals surface area contributed by atoms with Crippen molar-refractivity contribution >= 4 is 29.6 Å². The molecule has 0 atom stereocenters. The summed E-state index contributed by atoms with van der Waals surface area (Å²) in [6, 6.07) is 11.1. The van der Waals surface area contributed by atoms with Crippen LogP contribution < -0.4 is 9.47 Å². The molecule has 3 nitrogen and oxygen atoms in total. The van der Waals surface area contributed by atoms with E-state index in [-0.39, 0.29) is 0 Å². The van der Waals surface area contributed by atoms with Gasteiger partial charge in [0.25, 0.3) is 0 Å². The van der Waals surface area contributed by atoms with Gasteiger partial charge in [-0.3, -0.25) is 4.79 Å². The number of benzene rings is 2. The zero-order chi connectivity index (χ0) is 14.7. The average Bonchev–Trinajstić information content (AvgIpc) is 2.74. The molecule has 1 aliphatic heterocycles. The number of hydrogen-bond donors (Lipinski definition) is 0. The number of fused-ring (bicyclic) bond motifs is 1. The highest BCUT2D eigenvalue weighted by atomic mass is 35.5. The minimum atomic E-state index is 0.556. The zero-order valence-electron chi connectivity index (χ0n) is 11.2. The van der Waals surface area contributed by atoms with Gasteiger partial charge in [0.1, 0.15) is 0 Å². The van der Waals surface area contributed by atoms with Crippen LogP contribution in [0.5, 0.6) is 11.5 Å². The van der Waals surface area contributed by atoms with Crippen molar-refractivity contribution in [1.82, 2.24) is 0 Å². The lowest BCUT2D eigenvalue weighted by molar-refractivity contribution is 0.112. The van der Waals surface area contributed by atoms with Crippen LogP contribution in [0.15, 0.2) is 46.2 Å². The van der Waals surface area contributed by atoms with Gasteiger partial charge in [-0.25, -0.2) is 0 Å². The number of hydrogen-bond acceptors (Lipinski definition) is 4. The van der Waals surface area contributed by atoms with Crippen LogP contribution in [0.4, 0.5) is 0 Å². The molecule has 2 aromatic carbocycles. The summed E-state index contributed by atoms with van der Waals surface area (Å²) in [5.74, 6) is 1.52. The predicted molar refractivity (Wildman–Crippen MR) is 83.0 cm³/mol. The normalized spacial score (nSPS) is 13.6. The van der Waals surface area contributed by atoms with E-state index in [0.29, 0.717) is 23.8 Å². The van der Waals surface area contributed by atoms with Crippen molar-refractivity contribution in [2.45, 2.75) is 16.2 Å². The summed E-state index contributed by atoms with van der Waals surface area (Å²) >= 11 is 7.41. The highest BCUT2D eigenvalue weighted by Crippen LogP contribution is 2.37. The molecule has 0 aromatic heterocycles. The van der Waals surface area contributed by atoms with Gasteiger partial charge in [-0.1, -0.05) is 23.4 Å². The molecule has 21 heavy (non-hydrogen) atoms. The van der Waals surface area contributed by atoms with Crippen LogP contribution in [-0.2, 0) is 0 Å². The molecule has 0 unspecified atom stereocenters. The monoisotopic (exact) mass is 320 g/mol. The van der Waals surface area contributed by atoms with E-state index >= 15 is 0 Å². The molecule has 5 heteroatoms. The van der Waals surface area contributed by atoms with E-state index in [0.717, 1.165) is 34.0 Å². The second kappa shape index (κ2) is 6.41. The number of carbonyl (C=O) groups is 1. The predicted octanol–water partition coefficient (Wildman–Crippen LogP) is 4.47. The van der Waals surface area contributed by atoms with E-state index in [1.807, 2.05) is 24.3 Å². The van der Waals surface area contributed by atoms with Crippen LogP contribution in [0.2, 0.25) is 5.02 Å². The Bertz CT molecular complexity index is 673. The molecule has 3 rings (SSSR count). The number of carbonyl (C=O) groups excluding carboxylic acids is 1. The van der Waals surface area contributed by atoms with Crippen molar-refractivity contribution < 1.29 is 14.3 Å². The van der Waals surface area contributed by atoms with Crippen molar-refractivity contribution in [2.75, 3.05) is 13.2 Å². The molecule has 0 radical (unpaired) electrons. The van der Waals surface area contributed by atoms with Gasteiger partial charge in [-0.2, -0.15) is 0 Å². The molecule has 2 aromatic rings. The fraction of sp³-hybridized carbons (Fsp3) is 0.188. The number of rotatable bonds is 3. The van der Waals surface area contributed by atoms with Crippen LogP contribution in [0.1, 0.15) is 16.8 Å². The average molecular weight is 321 g/mol. The summed E-state index contributed by atoms with van der Waals surface area (Å²) in [4.78, 5) is 13.0. The number of aldehydes is 1. The molecule has 0 aliphatic carbocycles. The zero-order valence-corrected chi connectivity index (χ0v) is 12.7. The molecule has 0 bridgehead atoms. The Balaban J connectivity index is 1.88. The van der Waals surface area contributed by atoms with Crippen molar-refractivity contribution in [3.63, 3.8) is 0 Å². The maximum absolute atomic E-state index is 11.1. The van der Waals surface area contributed by atoms with Crippen molar-refractivity contribution in [1.29, 1.82) is 0 Å². The van der Waals surface area contributed by atoms with Crippen molar-refractivity contribution in [3.8, 4) is 11.5 Å². The molecule has 1 aliphatic rings. The highest BCUT2D eigenvalue weighted by molar-refractivity contribution is 7.99. The van der Waals surface area contributed by atoms with E-state index in [4.69, 9.17) is 21.1 Å². The lowest BCUT2D eigenvalue weighted by Gasteiger charge is -2.10. The summed E-state index contributed by atoms with van der Waals surface area (Å²) in [5, 5.41) is 0.556. The Morgan fingerprint density at radius 2 is 1.86 bits per heavy atom. The smallest absolute Gasteiger partial charge is 0.162 e. The molecule has 0 spiro atoms. The topological polar surface area (TPSA) is 35.5 Å². The maximum atomic E-state index is 11.1. The first-order valence-corrected chi connectivity index (χ1v) is 7.78. The molecule has 0 N–H and O–H groups in total. The maximum Gasteiger partial charge on any atom is 0.162 e. The van der Waals surface area contributed by atoms with Gasteiger partial charge < -0.3 is 9.47 Å². The van der Waals surface area contributed by atoms with E-state index in [9.17, 15) is 4.79 Å². The number of ether oxygens (including phenoxy) is 2. The number of halogens is 1. The summed E-state index contributed by atoms with van der Waals surface area (Å²) in [6.07, 6.45) is 1.70. The summed E-state index contributed by atoms with van der Waals surface area (Å²) in [5.41, 5.74) is 0.583. The lowest BCUT2D eigenvalue weighted by atomic mass is 10.2. The largest absolute Gasteiger partial charge is 0.490 e. The fourth-order valence-corrected chi connectivity index (χ4v) is 3.14. The first-order chi connectivity index (χ1) is 10.3. The van der Waals surface area contributed by atoms with Gasteiger partial charge in [0, 0.05) is 26.8 Å². The Hall–Kier alpha value is -1.65. The molecular formula is C16H13ClO3S. The second-order valence-corrected chi connectivity index (χ2v) is 6.11. The van der Waals surface area contributed by atoms with Gasteiger partial charge in [0.15, 0.2) is 17.8 Å². The van der Waals surface area contributed by atoms with Crippen LogP contribution in [0.25, 0.3) is 0 Å². The molecule has 0 fully saturated rings. The minimum absolute atomic E-state index is 0.556. The van der Waals surface area contributed by atoms with Gasteiger partial charge >= 0.3 is 0 Å². The van der Waals surface area contributed by atoms with Gasteiger partial charge in [-0.05, 0) is 36.4 Å². The quantitative estimate of drug-likeness (QED) is 0.782. The fourth-order valence-electron chi connectivity index (χ4n) is 2.04. The first-order valence-electron chi connectivity index (χ1n) is 6.58. The van der Waals surface area contributed by atoms with Crippen LogP contribution in [-0.4, -0.2) is 19.5 Å². The summed E-state index contributed by atoms with van der Waals surface area (Å²) in [6.45, 7) is 1.33. The van der Waals surface area contributed by atoms with E-state index in [2.05, 4.69) is 0 Å². The Morgan fingerprint density at radius 1 is 1.05 bits per heavy atom. The van der Waals surface area contributed by atoms with Gasteiger partial charge in [-0.15, -0.1) is 0 Å². The van der Waals surface area contributed by atoms with Crippen LogP contribution in [0, 0.1) is 0 Å². The summed E-state index contributed by atoms with van der Waals surface area (Å²) < 4.78 is 11.3. The summed E-state index contributed by atoms with van der Waals surface area (Å²) in [7, 11) is 0. The molecule has 1 heterocycles. The second-order valence-electron chi connectivity index (χ2n) is 4.56.